The summed E-state index contributed by atoms with van der Waals surface area (Å²) in [4.78, 5) is 7.59. The first-order valence-corrected chi connectivity index (χ1v) is 8.91. The number of nitrogens with one attached hydrogen (secondary N) is 3. The lowest BCUT2D eigenvalue weighted by Gasteiger charge is -2.26. The lowest BCUT2D eigenvalue weighted by atomic mass is 9.95. The molecule has 0 bridgehead atoms. The summed E-state index contributed by atoms with van der Waals surface area (Å²) in [7, 11) is 2.24. The quantitative estimate of drug-likeness (QED) is 0.856. The van der Waals surface area contributed by atoms with E-state index in [9.17, 15) is 5.26 Å². The zero-order valence-corrected chi connectivity index (χ0v) is 14.6. The van der Waals surface area contributed by atoms with Gasteiger partial charge in [-0.05, 0) is 24.3 Å². The second-order valence-corrected chi connectivity index (χ2v) is 7.40. The molecule has 23 heavy (non-hydrogen) atoms. The van der Waals surface area contributed by atoms with Crippen molar-refractivity contribution < 1.29 is 9.88 Å². The van der Waals surface area contributed by atoms with Gasteiger partial charge in [-0.3, -0.25) is 4.90 Å². The van der Waals surface area contributed by atoms with Gasteiger partial charge < -0.3 is 10.2 Å². The van der Waals surface area contributed by atoms with Crippen LogP contribution >= 0.6 is 0 Å². The zero-order chi connectivity index (χ0) is 16.4. The average Bonchev–Trinajstić information content (AvgIpc) is 3.05. The first kappa shape index (κ1) is 16.1. The van der Waals surface area contributed by atoms with Crippen LogP contribution in [0, 0.1) is 17.2 Å². The van der Waals surface area contributed by atoms with E-state index in [2.05, 4.69) is 42.2 Å². The van der Waals surface area contributed by atoms with Gasteiger partial charge in [-0.25, -0.2) is 4.98 Å². The van der Waals surface area contributed by atoms with Crippen molar-refractivity contribution in [3.63, 3.8) is 0 Å². The lowest BCUT2D eigenvalue weighted by Crippen LogP contribution is -3.08. The molecule has 3 heterocycles. The molecule has 1 saturated heterocycles. The Morgan fingerprint density at radius 2 is 2.04 bits per heavy atom. The van der Waals surface area contributed by atoms with Crippen LogP contribution in [0.25, 0.3) is 0 Å². The Morgan fingerprint density at radius 3 is 2.70 bits per heavy atom. The fraction of sp³-hybridized carbons (Fsp3) is 0.667. The predicted molar refractivity (Wildman–Crippen MR) is 91.6 cm³/mol. The number of hydrogen-bond donors (Lipinski definition) is 2. The van der Waals surface area contributed by atoms with Crippen LogP contribution in [0.3, 0.4) is 0 Å². The Balaban J connectivity index is 2.06. The first-order valence-electron chi connectivity index (χ1n) is 8.91. The highest BCUT2D eigenvalue weighted by Gasteiger charge is 2.32. The molecule has 1 atom stereocenters. The molecule has 5 nitrogen and oxygen atoms in total. The Bertz CT molecular complexity index is 611. The number of fused-ring (bicyclic) bond motifs is 1. The summed E-state index contributed by atoms with van der Waals surface area (Å²) in [6, 6.07) is 2.46. The van der Waals surface area contributed by atoms with E-state index in [1.54, 1.807) is 0 Å². The molecule has 2 aliphatic heterocycles. The van der Waals surface area contributed by atoms with E-state index < -0.39 is 0 Å². The highest BCUT2D eigenvalue weighted by atomic mass is 15.2. The maximum atomic E-state index is 9.73. The van der Waals surface area contributed by atoms with Gasteiger partial charge in [-0.1, -0.05) is 13.8 Å². The molecule has 0 amide bonds. The third kappa shape index (κ3) is 3.28. The molecular formula is C18H29N5+2. The number of H-pyrrole nitrogens is 1. The van der Waals surface area contributed by atoms with Gasteiger partial charge in [0.25, 0.3) is 0 Å². The number of nitrogens with zero attached hydrogens (tertiary/aromatic N) is 2. The molecule has 0 aromatic carbocycles. The SMILES string of the molecule is CC(C)CNc1[nH+]c(N2CCCC2)c2c(c1C#N)CC[NH+](C)C2. The smallest absolute Gasteiger partial charge is 0.237 e. The normalized spacial score (nSPS) is 20.5. The second kappa shape index (κ2) is 6.76. The van der Waals surface area contributed by atoms with Crippen LogP contribution in [0.1, 0.15) is 43.4 Å². The molecule has 0 spiro atoms. The highest BCUT2D eigenvalue weighted by Crippen LogP contribution is 2.29. The topological polar surface area (TPSA) is 57.6 Å². The molecule has 124 valence electrons. The van der Waals surface area contributed by atoms with Crippen molar-refractivity contribution in [3.05, 3.63) is 16.7 Å². The minimum Gasteiger partial charge on any atom is -0.333 e. The van der Waals surface area contributed by atoms with Crippen LogP contribution in [0.5, 0.6) is 0 Å². The first-order chi connectivity index (χ1) is 11.1. The van der Waals surface area contributed by atoms with Crippen LogP contribution in [0.2, 0.25) is 0 Å². The molecule has 1 aromatic heterocycles. The van der Waals surface area contributed by atoms with Crippen molar-refractivity contribution in [1.29, 1.82) is 5.26 Å². The van der Waals surface area contributed by atoms with Gasteiger partial charge in [-0.2, -0.15) is 5.26 Å². The average molecular weight is 315 g/mol. The molecule has 3 rings (SSSR count). The third-order valence-electron chi connectivity index (χ3n) is 4.95. The van der Waals surface area contributed by atoms with E-state index in [1.165, 1.54) is 34.7 Å². The number of aromatic nitrogens is 1. The van der Waals surface area contributed by atoms with Crippen molar-refractivity contribution in [2.75, 3.05) is 43.4 Å². The monoisotopic (exact) mass is 315 g/mol. The molecular weight excluding hydrogens is 286 g/mol. The van der Waals surface area contributed by atoms with Crippen molar-refractivity contribution in [3.8, 4) is 6.07 Å². The molecule has 3 N–H and O–H groups in total. The van der Waals surface area contributed by atoms with Gasteiger partial charge in [0.2, 0.25) is 11.6 Å². The Labute approximate surface area is 139 Å². The summed E-state index contributed by atoms with van der Waals surface area (Å²) >= 11 is 0. The number of anilines is 2. The molecule has 1 fully saturated rings. The van der Waals surface area contributed by atoms with Gasteiger partial charge in [0, 0.05) is 6.42 Å². The number of aromatic amines is 1. The van der Waals surface area contributed by atoms with Crippen LogP contribution in [-0.4, -0.2) is 33.2 Å². The van der Waals surface area contributed by atoms with Crippen LogP contribution in [0.4, 0.5) is 11.6 Å². The van der Waals surface area contributed by atoms with Crippen LogP contribution < -0.4 is 20.1 Å². The fourth-order valence-corrected chi connectivity index (χ4v) is 3.67. The number of hydrogen-bond acceptors (Lipinski definition) is 3. The summed E-state index contributed by atoms with van der Waals surface area (Å²) in [5.41, 5.74) is 3.46. The van der Waals surface area contributed by atoms with Crippen molar-refractivity contribution >= 4 is 11.6 Å². The molecule has 0 radical (unpaired) electrons. The standard InChI is InChI=1S/C18H27N5/c1-13(2)11-20-17-15(10-19)14-6-9-22(3)12-16(14)18(21-17)23-7-4-5-8-23/h13H,4-9,11-12H2,1-3H3,(H,20,21)/p+2. The van der Waals surface area contributed by atoms with E-state index in [0.717, 1.165) is 50.5 Å². The molecule has 2 aliphatic rings. The summed E-state index contributed by atoms with van der Waals surface area (Å²) in [5, 5.41) is 13.2. The van der Waals surface area contributed by atoms with Gasteiger partial charge >= 0.3 is 0 Å². The van der Waals surface area contributed by atoms with E-state index >= 15 is 0 Å². The highest BCUT2D eigenvalue weighted by molar-refractivity contribution is 5.61. The summed E-state index contributed by atoms with van der Waals surface area (Å²) in [6.45, 7) is 9.63. The van der Waals surface area contributed by atoms with E-state index in [1.807, 2.05) is 0 Å². The van der Waals surface area contributed by atoms with Gasteiger partial charge in [0.15, 0.2) is 0 Å². The number of quaternary nitrogens is 1. The fourth-order valence-electron chi connectivity index (χ4n) is 3.67. The molecule has 1 aromatic rings. The van der Waals surface area contributed by atoms with Gasteiger partial charge in [-0.15, -0.1) is 0 Å². The summed E-state index contributed by atoms with van der Waals surface area (Å²) in [6.07, 6.45) is 3.52. The molecule has 1 unspecified atom stereocenters. The second-order valence-electron chi connectivity index (χ2n) is 7.40. The van der Waals surface area contributed by atoms with Crippen molar-refractivity contribution in [2.24, 2.45) is 5.92 Å². The van der Waals surface area contributed by atoms with E-state index in [-0.39, 0.29) is 0 Å². The maximum absolute atomic E-state index is 9.73. The lowest BCUT2D eigenvalue weighted by molar-refractivity contribution is -0.895. The Kier molecular flexibility index (Phi) is 4.72. The minimum atomic E-state index is 0.553. The van der Waals surface area contributed by atoms with E-state index in [4.69, 9.17) is 0 Å². The summed E-state index contributed by atoms with van der Waals surface area (Å²) < 4.78 is 0. The molecule has 5 heteroatoms. The Morgan fingerprint density at radius 1 is 1.30 bits per heavy atom. The zero-order valence-electron chi connectivity index (χ0n) is 14.6. The Hall–Kier alpha value is -1.80. The molecule has 0 saturated carbocycles. The van der Waals surface area contributed by atoms with Gasteiger partial charge in [0.05, 0.1) is 38.8 Å². The minimum absolute atomic E-state index is 0.553. The van der Waals surface area contributed by atoms with Crippen molar-refractivity contribution in [1.82, 2.24) is 0 Å². The maximum Gasteiger partial charge on any atom is 0.237 e. The van der Waals surface area contributed by atoms with Crippen LogP contribution in [-0.2, 0) is 13.0 Å². The van der Waals surface area contributed by atoms with Gasteiger partial charge in [0.1, 0.15) is 18.2 Å². The summed E-state index contributed by atoms with van der Waals surface area (Å²) in [5.74, 6) is 2.72. The third-order valence-corrected chi connectivity index (χ3v) is 4.95. The number of nitriles is 1. The van der Waals surface area contributed by atoms with Crippen molar-refractivity contribution in [2.45, 2.75) is 39.7 Å². The molecule has 0 aliphatic carbocycles. The number of rotatable bonds is 4. The van der Waals surface area contributed by atoms with E-state index in [0.29, 0.717) is 5.92 Å². The number of pyridine rings is 1. The largest absolute Gasteiger partial charge is 0.333 e. The predicted octanol–water partition coefficient (Wildman–Crippen LogP) is 0.611. The van der Waals surface area contributed by atoms with Crippen LogP contribution in [0.15, 0.2) is 0 Å². The number of likely N-dealkylation sites (N-methyl/N-ethyl adjacent to an activating group) is 1.